The van der Waals surface area contributed by atoms with Crippen molar-refractivity contribution >= 4 is 0 Å². The summed E-state index contributed by atoms with van der Waals surface area (Å²) in [6, 6.07) is 0. The molecule has 0 aromatic heterocycles. The largest absolute Gasteiger partial charge is 0.497 e. The average Bonchev–Trinajstić information content (AvgIpc) is 2.01. The predicted octanol–water partition coefficient (Wildman–Crippen LogP) is 1.82. The van der Waals surface area contributed by atoms with Gasteiger partial charge in [-0.25, -0.2) is 0 Å². The molecule has 0 N–H and O–H groups in total. The lowest BCUT2D eigenvalue weighted by Gasteiger charge is -2.14. The molecule has 0 bridgehead atoms. The van der Waals surface area contributed by atoms with Crippen LogP contribution in [0.25, 0.3) is 0 Å². The third kappa shape index (κ3) is 3.98. The van der Waals surface area contributed by atoms with Crippen LogP contribution in [0.3, 0.4) is 0 Å². The van der Waals surface area contributed by atoms with Crippen LogP contribution < -0.4 is 0 Å². The molecule has 0 unspecified atom stereocenters. The van der Waals surface area contributed by atoms with Crippen molar-refractivity contribution in [3.05, 3.63) is 36.6 Å². The maximum absolute atomic E-state index is 5.03. The first-order valence-corrected chi connectivity index (χ1v) is 3.81. The van der Waals surface area contributed by atoms with E-state index >= 15 is 0 Å². The molecule has 68 valence electrons. The summed E-state index contributed by atoms with van der Waals surface area (Å²) in [5.74, 6) is 0.698. The van der Waals surface area contributed by atoms with Crippen molar-refractivity contribution in [3.63, 3.8) is 0 Å². The van der Waals surface area contributed by atoms with E-state index in [-0.39, 0.29) is 0 Å². The molecule has 2 nitrogen and oxygen atoms in total. The van der Waals surface area contributed by atoms with Gasteiger partial charge in [0, 0.05) is 12.1 Å². The lowest BCUT2D eigenvalue weighted by molar-refractivity contribution is 0.294. The van der Waals surface area contributed by atoms with Crippen LogP contribution in [0.4, 0.5) is 0 Å². The van der Waals surface area contributed by atoms with E-state index in [4.69, 9.17) is 4.74 Å². The van der Waals surface area contributed by atoms with Crippen molar-refractivity contribution in [2.75, 3.05) is 27.7 Å². The third-order valence-electron chi connectivity index (χ3n) is 1.41. The summed E-state index contributed by atoms with van der Waals surface area (Å²) < 4.78 is 5.03. The van der Waals surface area contributed by atoms with Crippen LogP contribution in [-0.4, -0.2) is 32.6 Å². The zero-order valence-corrected chi connectivity index (χ0v) is 8.13. The fourth-order valence-electron chi connectivity index (χ4n) is 0.848. The lowest BCUT2D eigenvalue weighted by atomic mass is 10.2. The Morgan fingerprint density at radius 3 is 2.42 bits per heavy atom. The van der Waals surface area contributed by atoms with Gasteiger partial charge >= 0.3 is 0 Å². The minimum Gasteiger partial charge on any atom is -0.497 e. The highest BCUT2D eigenvalue weighted by molar-refractivity contribution is 5.28. The second kappa shape index (κ2) is 5.61. The molecule has 0 rings (SSSR count). The van der Waals surface area contributed by atoms with E-state index < -0.39 is 0 Å². The Morgan fingerprint density at radius 2 is 2.08 bits per heavy atom. The summed E-state index contributed by atoms with van der Waals surface area (Å²) in [5, 5.41) is 0. The molecule has 0 aliphatic rings. The maximum Gasteiger partial charge on any atom is 0.116 e. The van der Waals surface area contributed by atoms with Gasteiger partial charge < -0.3 is 9.64 Å². The van der Waals surface area contributed by atoms with Gasteiger partial charge in [0.15, 0.2) is 0 Å². The van der Waals surface area contributed by atoms with Crippen molar-refractivity contribution in [2.45, 2.75) is 0 Å². The van der Waals surface area contributed by atoms with Gasteiger partial charge in [-0.05, 0) is 14.1 Å². The van der Waals surface area contributed by atoms with Crippen molar-refractivity contribution in [1.29, 1.82) is 0 Å². The van der Waals surface area contributed by atoms with E-state index in [1.807, 2.05) is 20.2 Å². The molecular formula is C10H17NO. The Hall–Kier alpha value is -1.02. The molecule has 0 fully saturated rings. The highest BCUT2D eigenvalue weighted by Crippen LogP contribution is 2.08. The topological polar surface area (TPSA) is 12.5 Å². The molecule has 0 radical (unpaired) electrons. The normalized spacial score (nSPS) is 11.5. The average molecular weight is 167 g/mol. The van der Waals surface area contributed by atoms with Crippen LogP contribution in [-0.2, 0) is 4.74 Å². The van der Waals surface area contributed by atoms with Crippen molar-refractivity contribution in [1.82, 2.24) is 4.90 Å². The lowest BCUT2D eigenvalue weighted by Crippen LogP contribution is -2.16. The van der Waals surface area contributed by atoms with E-state index in [1.54, 1.807) is 13.2 Å². The van der Waals surface area contributed by atoms with Crippen LogP contribution in [0.5, 0.6) is 0 Å². The summed E-state index contributed by atoms with van der Waals surface area (Å²) in [6.07, 6.45) is 3.65. The molecule has 0 aromatic carbocycles. The summed E-state index contributed by atoms with van der Waals surface area (Å²) in [7, 11) is 5.62. The first-order chi connectivity index (χ1) is 5.61. The molecule has 0 aliphatic carbocycles. The van der Waals surface area contributed by atoms with Crippen LogP contribution in [0, 0.1) is 0 Å². The van der Waals surface area contributed by atoms with Crippen molar-refractivity contribution < 1.29 is 4.74 Å². The quantitative estimate of drug-likeness (QED) is 0.457. The summed E-state index contributed by atoms with van der Waals surface area (Å²) in [4.78, 5) is 2.06. The standard InChI is InChI=1S/C10H17NO/c1-6-7-10(8-11(3)4)9(2)12-5/h6-7H,1-2,8H2,3-5H3/b10-7-. The highest BCUT2D eigenvalue weighted by Gasteiger charge is 2.02. The van der Waals surface area contributed by atoms with Gasteiger partial charge in [0.1, 0.15) is 5.76 Å². The predicted molar refractivity (Wildman–Crippen MR) is 53.0 cm³/mol. The van der Waals surface area contributed by atoms with Crippen LogP contribution >= 0.6 is 0 Å². The SMILES string of the molecule is C=C/C=C(/CN(C)C)C(=C)OC. The molecular weight excluding hydrogens is 150 g/mol. The molecule has 12 heavy (non-hydrogen) atoms. The number of hydrogen-bond donors (Lipinski definition) is 0. The van der Waals surface area contributed by atoms with E-state index in [0.717, 1.165) is 12.1 Å². The minimum absolute atomic E-state index is 0.698. The maximum atomic E-state index is 5.03. The van der Waals surface area contributed by atoms with Gasteiger partial charge in [0.05, 0.1) is 7.11 Å². The molecule has 0 amide bonds. The molecule has 0 heterocycles. The number of nitrogens with zero attached hydrogens (tertiary/aromatic N) is 1. The first-order valence-electron chi connectivity index (χ1n) is 3.81. The fourth-order valence-corrected chi connectivity index (χ4v) is 0.848. The molecule has 0 aliphatic heterocycles. The Kier molecular flexibility index (Phi) is 5.13. The smallest absolute Gasteiger partial charge is 0.116 e. The Labute approximate surface area is 74.8 Å². The molecule has 0 aromatic rings. The van der Waals surface area contributed by atoms with E-state index in [9.17, 15) is 0 Å². The van der Waals surface area contributed by atoms with Crippen molar-refractivity contribution in [3.8, 4) is 0 Å². The van der Waals surface area contributed by atoms with Gasteiger partial charge in [-0.3, -0.25) is 0 Å². The number of methoxy groups -OCH3 is 1. The summed E-state index contributed by atoms with van der Waals surface area (Å²) in [6.45, 7) is 8.23. The van der Waals surface area contributed by atoms with Crippen molar-refractivity contribution in [2.24, 2.45) is 0 Å². The number of hydrogen-bond acceptors (Lipinski definition) is 2. The van der Waals surface area contributed by atoms with E-state index in [1.165, 1.54) is 0 Å². The summed E-state index contributed by atoms with van der Waals surface area (Å²) >= 11 is 0. The fraction of sp³-hybridized carbons (Fsp3) is 0.400. The van der Waals surface area contributed by atoms with Gasteiger partial charge in [0.2, 0.25) is 0 Å². The number of allylic oxidation sites excluding steroid dienone is 2. The van der Waals surface area contributed by atoms with Gasteiger partial charge in [-0.1, -0.05) is 25.3 Å². The third-order valence-corrected chi connectivity index (χ3v) is 1.41. The highest BCUT2D eigenvalue weighted by atomic mass is 16.5. The molecule has 0 saturated heterocycles. The van der Waals surface area contributed by atoms with Gasteiger partial charge in [0.25, 0.3) is 0 Å². The van der Waals surface area contributed by atoms with E-state index in [0.29, 0.717) is 5.76 Å². The monoisotopic (exact) mass is 167 g/mol. The minimum atomic E-state index is 0.698. The number of likely N-dealkylation sites (N-methyl/N-ethyl adjacent to an activating group) is 1. The Morgan fingerprint density at radius 1 is 1.50 bits per heavy atom. The Balaban J connectivity index is 4.33. The second-order valence-corrected chi connectivity index (χ2v) is 2.79. The number of rotatable bonds is 5. The molecule has 0 spiro atoms. The zero-order chi connectivity index (χ0) is 9.56. The first kappa shape index (κ1) is 11.0. The van der Waals surface area contributed by atoms with Gasteiger partial charge in [-0.15, -0.1) is 0 Å². The number of ether oxygens (including phenoxy) is 1. The molecule has 0 saturated carbocycles. The molecule has 2 heteroatoms. The van der Waals surface area contributed by atoms with Crippen LogP contribution in [0.1, 0.15) is 0 Å². The van der Waals surface area contributed by atoms with Crippen LogP contribution in [0.15, 0.2) is 36.6 Å². The van der Waals surface area contributed by atoms with E-state index in [2.05, 4.69) is 18.1 Å². The van der Waals surface area contributed by atoms with Gasteiger partial charge in [-0.2, -0.15) is 0 Å². The second-order valence-electron chi connectivity index (χ2n) is 2.79. The Bertz CT molecular complexity index is 192. The molecule has 0 atom stereocenters. The zero-order valence-electron chi connectivity index (χ0n) is 8.13. The summed E-state index contributed by atoms with van der Waals surface area (Å²) in [5.41, 5.74) is 1.05. The van der Waals surface area contributed by atoms with Crippen LogP contribution in [0.2, 0.25) is 0 Å².